The molecule has 0 aromatic heterocycles. The summed E-state index contributed by atoms with van der Waals surface area (Å²) in [5.74, 6) is -0.898. The van der Waals surface area contributed by atoms with Crippen LogP contribution in [0.5, 0.6) is 0 Å². The third-order valence-corrected chi connectivity index (χ3v) is 7.16. The minimum absolute atomic E-state index is 0.169. The number of hydrogen-bond donors (Lipinski definition) is 1. The van der Waals surface area contributed by atoms with E-state index in [-0.39, 0.29) is 5.91 Å². The van der Waals surface area contributed by atoms with E-state index in [9.17, 15) is 13.6 Å². The predicted molar refractivity (Wildman–Crippen MR) is 116 cm³/mol. The van der Waals surface area contributed by atoms with Gasteiger partial charge < -0.3 is 10.2 Å². The first kappa shape index (κ1) is 20.6. The summed E-state index contributed by atoms with van der Waals surface area (Å²) in [6.45, 7) is 4.80. The van der Waals surface area contributed by atoms with E-state index in [0.29, 0.717) is 30.6 Å². The van der Waals surface area contributed by atoms with Gasteiger partial charge in [0.2, 0.25) is 0 Å². The minimum Gasteiger partial charge on any atom is -0.330 e. The Balaban J connectivity index is 1.22. The van der Waals surface area contributed by atoms with E-state index in [0.717, 1.165) is 69.1 Å². The number of nitrogens with one attached hydrogen (secondary N) is 1. The molecule has 0 spiro atoms. The Morgan fingerprint density at radius 3 is 2.68 bits per heavy atom. The highest BCUT2D eigenvalue weighted by Gasteiger charge is 2.34. The second kappa shape index (κ2) is 8.67. The molecule has 1 N–H and O–H groups in total. The number of hydrogen-bond acceptors (Lipinski definition) is 3. The van der Waals surface area contributed by atoms with Crippen LogP contribution >= 0.6 is 0 Å². The molecule has 31 heavy (non-hydrogen) atoms. The van der Waals surface area contributed by atoms with Gasteiger partial charge in [0.15, 0.2) is 11.6 Å². The summed E-state index contributed by atoms with van der Waals surface area (Å²) in [5, 5.41) is 3.41. The number of likely N-dealkylation sites (tertiary alicyclic amines) is 1. The Hall–Kier alpha value is -2.31. The molecule has 1 amide bonds. The van der Waals surface area contributed by atoms with Crippen molar-refractivity contribution in [3.05, 3.63) is 70.3 Å². The molecule has 5 rings (SSSR count). The lowest BCUT2D eigenvalue weighted by atomic mass is 9.87. The highest BCUT2D eigenvalue weighted by atomic mass is 19.2. The summed E-state index contributed by atoms with van der Waals surface area (Å²) in [5.41, 5.74) is 3.73. The van der Waals surface area contributed by atoms with E-state index < -0.39 is 11.6 Å². The predicted octanol–water partition coefficient (Wildman–Crippen LogP) is 4.05. The maximum absolute atomic E-state index is 14.0. The summed E-state index contributed by atoms with van der Waals surface area (Å²) < 4.78 is 27.5. The Morgan fingerprint density at radius 1 is 1.06 bits per heavy atom. The van der Waals surface area contributed by atoms with Crippen LogP contribution in [-0.2, 0) is 13.1 Å². The van der Waals surface area contributed by atoms with Crippen LogP contribution in [0.25, 0.3) is 0 Å². The van der Waals surface area contributed by atoms with Crippen molar-refractivity contribution in [3.8, 4) is 0 Å². The van der Waals surface area contributed by atoms with E-state index in [2.05, 4.69) is 22.3 Å². The van der Waals surface area contributed by atoms with E-state index in [1.165, 1.54) is 5.56 Å². The molecule has 0 bridgehead atoms. The van der Waals surface area contributed by atoms with Gasteiger partial charge in [0.25, 0.3) is 5.91 Å². The maximum Gasteiger partial charge on any atom is 0.254 e. The highest BCUT2D eigenvalue weighted by Crippen LogP contribution is 2.33. The van der Waals surface area contributed by atoms with Gasteiger partial charge in [-0.3, -0.25) is 9.69 Å². The molecule has 1 unspecified atom stereocenters. The van der Waals surface area contributed by atoms with Crippen molar-refractivity contribution in [2.24, 2.45) is 0 Å². The van der Waals surface area contributed by atoms with Gasteiger partial charge in [-0.05, 0) is 74.5 Å². The number of halogens is 2. The number of benzene rings is 2. The van der Waals surface area contributed by atoms with Crippen LogP contribution in [0.1, 0.15) is 58.6 Å². The Kier molecular flexibility index (Phi) is 5.76. The fraction of sp³-hybridized carbons (Fsp3) is 0.480. The molecule has 164 valence electrons. The monoisotopic (exact) mass is 425 g/mol. The van der Waals surface area contributed by atoms with Crippen LogP contribution in [0.3, 0.4) is 0 Å². The van der Waals surface area contributed by atoms with Crippen LogP contribution in [0.15, 0.2) is 36.4 Å². The largest absolute Gasteiger partial charge is 0.330 e. The topological polar surface area (TPSA) is 35.6 Å². The lowest BCUT2D eigenvalue weighted by molar-refractivity contribution is 0.0674. The molecular weight excluding hydrogens is 396 g/mol. The van der Waals surface area contributed by atoms with Crippen molar-refractivity contribution in [1.29, 1.82) is 0 Å². The third kappa shape index (κ3) is 4.11. The van der Waals surface area contributed by atoms with Crippen molar-refractivity contribution < 1.29 is 13.6 Å². The van der Waals surface area contributed by atoms with Crippen molar-refractivity contribution in [2.75, 3.05) is 26.2 Å². The summed E-state index contributed by atoms with van der Waals surface area (Å²) in [6, 6.07) is 11.0. The fourth-order valence-corrected chi connectivity index (χ4v) is 5.35. The van der Waals surface area contributed by atoms with Crippen molar-refractivity contribution in [2.45, 2.75) is 50.7 Å². The Bertz CT molecular complexity index is 965. The first-order chi connectivity index (χ1) is 15.1. The average Bonchev–Trinajstić information content (AvgIpc) is 3.14. The Labute approximate surface area is 182 Å². The minimum atomic E-state index is -0.780. The van der Waals surface area contributed by atoms with E-state index in [1.54, 1.807) is 12.1 Å². The van der Waals surface area contributed by atoms with Gasteiger partial charge in [0.05, 0.1) is 0 Å². The SMILES string of the molecule is O=C1c2ccc(C3CCN(Cc4cccc(F)c4F)CC3)cc2CN1C1CCCNC1. The molecule has 0 saturated carbocycles. The molecule has 2 fully saturated rings. The molecule has 2 saturated heterocycles. The summed E-state index contributed by atoms with van der Waals surface area (Å²) in [6.07, 6.45) is 4.16. The van der Waals surface area contributed by atoms with Gasteiger partial charge in [-0.25, -0.2) is 8.78 Å². The summed E-state index contributed by atoms with van der Waals surface area (Å²) >= 11 is 0. The molecule has 3 aliphatic rings. The summed E-state index contributed by atoms with van der Waals surface area (Å²) in [7, 11) is 0. The van der Waals surface area contributed by atoms with E-state index in [1.807, 2.05) is 11.0 Å². The van der Waals surface area contributed by atoms with Crippen molar-refractivity contribution in [1.82, 2.24) is 15.1 Å². The molecule has 1 atom stereocenters. The lowest BCUT2D eigenvalue weighted by Crippen LogP contribution is -2.46. The normalized spacial score (nSPS) is 22.7. The molecule has 3 heterocycles. The van der Waals surface area contributed by atoms with E-state index >= 15 is 0 Å². The van der Waals surface area contributed by atoms with Gasteiger partial charge in [-0.1, -0.05) is 24.3 Å². The number of fused-ring (bicyclic) bond motifs is 1. The first-order valence-corrected chi connectivity index (χ1v) is 11.4. The average molecular weight is 426 g/mol. The molecule has 2 aromatic rings. The number of rotatable bonds is 4. The van der Waals surface area contributed by atoms with Crippen molar-refractivity contribution >= 4 is 5.91 Å². The number of carbonyl (C=O) groups is 1. The molecule has 6 heteroatoms. The van der Waals surface area contributed by atoms with Crippen LogP contribution in [-0.4, -0.2) is 47.9 Å². The number of piperidine rings is 2. The van der Waals surface area contributed by atoms with Gasteiger partial charge in [-0.15, -0.1) is 0 Å². The zero-order valence-corrected chi connectivity index (χ0v) is 17.7. The summed E-state index contributed by atoms with van der Waals surface area (Å²) in [4.78, 5) is 17.1. The molecule has 0 radical (unpaired) electrons. The standard InChI is InChI=1S/C25H29F2N3O/c26-23-5-1-3-19(24(23)27)15-29-11-8-17(9-12-29)18-6-7-22-20(13-18)16-30(25(22)31)21-4-2-10-28-14-21/h1,3,5-7,13,17,21,28H,2,4,8-12,14-16H2. The first-order valence-electron chi connectivity index (χ1n) is 11.4. The number of carbonyl (C=O) groups excluding carboxylic acids is 1. The van der Waals surface area contributed by atoms with Gasteiger partial charge in [-0.2, -0.15) is 0 Å². The van der Waals surface area contributed by atoms with Crippen LogP contribution in [0.2, 0.25) is 0 Å². The Morgan fingerprint density at radius 2 is 1.90 bits per heavy atom. The second-order valence-corrected chi connectivity index (χ2v) is 9.11. The molecular formula is C25H29F2N3O. The van der Waals surface area contributed by atoms with Gasteiger partial charge in [0.1, 0.15) is 0 Å². The van der Waals surface area contributed by atoms with Gasteiger partial charge >= 0.3 is 0 Å². The van der Waals surface area contributed by atoms with Crippen LogP contribution in [0.4, 0.5) is 8.78 Å². The molecule has 3 aliphatic heterocycles. The molecule has 4 nitrogen and oxygen atoms in total. The van der Waals surface area contributed by atoms with Crippen LogP contribution in [0, 0.1) is 11.6 Å². The lowest BCUT2D eigenvalue weighted by Gasteiger charge is -2.32. The second-order valence-electron chi connectivity index (χ2n) is 9.11. The third-order valence-electron chi connectivity index (χ3n) is 7.16. The molecule has 0 aliphatic carbocycles. The number of amides is 1. The van der Waals surface area contributed by atoms with Gasteiger partial charge in [0, 0.05) is 36.8 Å². The van der Waals surface area contributed by atoms with Crippen LogP contribution < -0.4 is 5.32 Å². The maximum atomic E-state index is 14.0. The molecule has 2 aromatic carbocycles. The van der Waals surface area contributed by atoms with Crippen molar-refractivity contribution in [3.63, 3.8) is 0 Å². The van der Waals surface area contributed by atoms with E-state index in [4.69, 9.17) is 0 Å². The smallest absolute Gasteiger partial charge is 0.254 e. The number of nitrogens with zero attached hydrogens (tertiary/aromatic N) is 2. The zero-order valence-electron chi connectivity index (χ0n) is 17.7. The fourth-order valence-electron chi connectivity index (χ4n) is 5.35. The highest BCUT2D eigenvalue weighted by molar-refractivity contribution is 5.98. The quantitative estimate of drug-likeness (QED) is 0.803. The zero-order chi connectivity index (χ0) is 21.4.